The number of carbonyl (C=O) groups excluding carboxylic acids is 3. The molecule has 5 N–H and O–H groups in total. The summed E-state index contributed by atoms with van der Waals surface area (Å²) < 4.78 is 0. The molecule has 1 saturated heterocycles. The van der Waals surface area contributed by atoms with Gasteiger partial charge in [-0.3, -0.25) is 20.3 Å². The van der Waals surface area contributed by atoms with Crippen LogP contribution >= 0.6 is 0 Å². The van der Waals surface area contributed by atoms with Crippen LogP contribution < -0.4 is 16.6 Å². The first-order valence-electron chi connectivity index (χ1n) is 11.7. The summed E-state index contributed by atoms with van der Waals surface area (Å²) in [7, 11) is 0. The lowest BCUT2D eigenvalue weighted by Crippen LogP contribution is -2.61. The Labute approximate surface area is 184 Å². The second-order valence-electron chi connectivity index (χ2n) is 9.61. The Kier molecular flexibility index (Phi) is 7.64. The molecule has 3 aliphatic rings. The van der Waals surface area contributed by atoms with Crippen molar-refractivity contribution in [1.29, 1.82) is 0 Å². The molecule has 10 nitrogen and oxygen atoms in total. The van der Waals surface area contributed by atoms with E-state index in [0.29, 0.717) is 5.06 Å². The molecule has 0 aromatic rings. The lowest BCUT2D eigenvalue weighted by Gasteiger charge is -2.41. The molecule has 0 radical (unpaired) electrons. The van der Waals surface area contributed by atoms with E-state index in [2.05, 4.69) is 10.7 Å². The van der Waals surface area contributed by atoms with E-state index in [4.69, 9.17) is 5.84 Å². The average Bonchev–Trinajstić information content (AvgIpc) is 2.97. The van der Waals surface area contributed by atoms with Crippen molar-refractivity contribution in [2.45, 2.75) is 108 Å². The molecular formula is C21H38N6O4. The lowest BCUT2D eigenvalue weighted by molar-refractivity contribution is -0.141. The molecular weight excluding hydrogens is 400 g/mol. The number of nitrogens with one attached hydrogen (secondary N) is 2. The second-order valence-corrected chi connectivity index (χ2v) is 9.61. The van der Waals surface area contributed by atoms with E-state index < -0.39 is 17.7 Å². The lowest BCUT2D eigenvalue weighted by atomic mass is 9.92. The van der Waals surface area contributed by atoms with Crippen LogP contribution in [0.15, 0.2) is 0 Å². The number of nitrogens with two attached hydrogens (primary N) is 1. The minimum Gasteiger partial charge on any atom is -0.333 e. The summed E-state index contributed by atoms with van der Waals surface area (Å²) >= 11 is 0. The number of hydroxylamine groups is 2. The fourth-order valence-electron chi connectivity index (χ4n) is 5.37. The normalized spacial score (nSPS) is 24.9. The number of carbonyl (C=O) groups is 3. The van der Waals surface area contributed by atoms with Crippen molar-refractivity contribution in [1.82, 2.24) is 25.6 Å². The Hall–Kier alpha value is -2.07. The molecule has 10 heteroatoms. The largest absolute Gasteiger partial charge is 0.343 e. The maximum atomic E-state index is 13.5. The first-order chi connectivity index (χ1) is 14.8. The van der Waals surface area contributed by atoms with Crippen molar-refractivity contribution in [3.63, 3.8) is 0 Å². The number of hydrogen-bond donors (Lipinski definition) is 4. The maximum Gasteiger partial charge on any atom is 0.343 e. The van der Waals surface area contributed by atoms with Crippen molar-refractivity contribution in [3.05, 3.63) is 0 Å². The molecule has 0 spiro atoms. The summed E-state index contributed by atoms with van der Waals surface area (Å²) in [4.78, 5) is 41.4. The van der Waals surface area contributed by atoms with Gasteiger partial charge in [-0.2, -0.15) is 5.06 Å². The highest BCUT2D eigenvalue weighted by Crippen LogP contribution is 2.39. The van der Waals surface area contributed by atoms with Gasteiger partial charge in [0.25, 0.3) is 0 Å². The van der Waals surface area contributed by atoms with Crippen LogP contribution in [0.25, 0.3) is 0 Å². The van der Waals surface area contributed by atoms with Crippen LogP contribution in [0.3, 0.4) is 0 Å². The number of rotatable bonds is 6. The fraction of sp³-hybridized carbons (Fsp3) is 0.857. The summed E-state index contributed by atoms with van der Waals surface area (Å²) in [6.45, 7) is 3.82. The van der Waals surface area contributed by atoms with E-state index in [1.165, 1.54) is 6.42 Å². The Bertz CT molecular complexity index is 660. The molecule has 2 aliphatic carbocycles. The van der Waals surface area contributed by atoms with Gasteiger partial charge >= 0.3 is 12.1 Å². The van der Waals surface area contributed by atoms with E-state index in [9.17, 15) is 19.6 Å². The van der Waals surface area contributed by atoms with Gasteiger partial charge in [-0.05, 0) is 39.5 Å². The molecule has 0 aromatic carbocycles. The topological polar surface area (TPSA) is 131 Å². The van der Waals surface area contributed by atoms with E-state index in [-0.39, 0.29) is 37.0 Å². The second kappa shape index (κ2) is 10.0. The Morgan fingerprint density at radius 1 is 1.10 bits per heavy atom. The summed E-state index contributed by atoms with van der Waals surface area (Å²) in [5, 5.41) is 14.7. The van der Waals surface area contributed by atoms with Crippen LogP contribution in [0.2, 0.25) is 0 Å². The smallest absolute Gasteiger partial charge is 0.333 e. The van der Waals surface area contributed by atoms with Gasteiger partial charge < -0.3 is 10.2 Å². The minimum atomic E-state index is -0.887. The van der Waals surface area contributed by atoms with E-state index >= 15 is 0 Å². The van der Waals surface area contributed by atoms with Gasteiger partial charge in [0.15, 0.2) is 6.17 Å². The minimum absolute atomic E-state index is 0.0450. The average molecular weight is 439 g/mol. The monoisotopic (exact) mass is 438 g/mol. The number of amides is 5. The molecule has 3 rings (SSSR count). The Morgan fingerprint density at radius 2 is 1.68 bits per heavy atom. The van der Waals surface area contributed by atoms with Crippen molar-refractivity contribution >= 4 is 18.0 Å². The predicted octanol–water partition coefficient (Wildman–Crippen LogP) is 2.27. The molecule has 31 heavy (non-hydrogen) atoms. The molecule has 0 bridgehead atoms. The molecule has 1 unspecified atom stereocenters. The van der Waals surface area contributed by atoms with Gasteiger partial charge in [0.2, 0.25) is 5.91 Å². The summed E-state index contributed by atoms with van der Waals surface area (Å²) in [6, 6.07) is -0.823. The van der Waals surface area contributed by atoms with Gasteiger partial charge in [0.1, 0.15) is 0 Å². The van der Waals surface area contributed by atoms with E-state index in [1.54, 1.807) is 9.80 Å². The molecule has 2 saturated carbocycles. The quantitative estimate of drug-likeness (QED) is 0.219. The first kappa shape index (κ1) is 23.6. The standard InChI is InChI=1S/C21H38N6O4/c1-21(2)18(27(31)19(29)23-15-9-5-3-6-10-15)26(16-11-7-4-8-12-16)20(30)25(21)14-13-17(28)24-22/h15-16,18,31H,3-14,22H2,1-2H3,(H,23,29)(H,24,28). The van der Waals surface area contributed by atoms with Crippen molar-refractivity contribution in [2.24, 2.45) is 5.84 Å². The molecule has 1 heterocycles. The third-order valence-corrected chi connectivity index (χ3v) is 7.11. The zero-order chi connectivity index (χ0) is 22.6. The highest BCUT2D eigenvalue weighted by atomic mass is 16.5. The zero-order valence-corrected chi connectivity index (χ0v) is 18.8. The fourth-order valence-corrected chi connectivity index (χ4v) is 5.37. The maximum absolute atomic E-state index is 13.5. The molecule has 1 atom stereocenters. The first-order valence-corrected chi connectivity index (χ1v) is 11.7. The predicted molar refractivity (Wildman–Crippen MR) is 115 cm³/mol. The van der Waals surface area contributed by atoms with Crippen LogP contribution in [-0.4, -0.2) is 68.4 Å². The van der Waals surface area contributed by atoms with Crippen molar-refractivity contribution in [3.8, 4) is 0 Å². The highest BCUT2D eigenvalue weighted by Gasteiger charge is 2.57. The number of urea groups is 2. The van der Waals surface area contributed by atoms with Crippen LogP contribution in [-0.2, 0) is 4.79 Å². The van der Waals surface area contributed by atoms with E-state index in [1.807, 2.05) is 13.8 Å². The van der Waals surface area contributed by atoms with Crippen LogP contribution in [0.4, 0.5) is 9.59 Å². The zero-order valence-electron chi connectivity index (χ0n) is 18.8. The molecule has 1 aliphatic heterocycles. The van der Waals surface area contributed by atoms with Gasteiger partial charge in [0, 0.05) is 25.0 Å². The summed E-state index contributed by atoms with van der Waals surface area (Å²) in [5.41, 5.74) is 1.20. The van der Waals surface area contributed by atoms with Crippen molar-refractivity contribution < 1.29 is 19.6 Å². The molecule has 176 valence electrons. The SMILES string of the molecule is CC1(C)C(N(O)C(=O)NC2CCCCC2)N(C2CCCCC2)C(=O)N1CCC(=O)NN. The third-order valence-electron chi connectivity index (χ3n) is 7.11. The summed E-state index contributed by atoms with van der Waals surface area (Å²) in [5.74, 6) is 4.82. The number of nitrogens with zero attached hydrogens (tertiary/aromatic N) is 3. The number of hydrazine groups is 1. The Balaban J connectivity index is 1.82. The highest BCUT2D eigenvalue weighted by molar-refractivity contribution is 5.82. The summed E-state index contributed by atoms with van der Waals surface area (Å²) in [6.07, 6.45) is 9.14. The van der Waals surface area contributed by atoms with Crippen LogP contribution in [0, 0.1) is 0 Å². The van der Waals surface area contributed by atoms with Crippen LogP contribution in [0.1, 0.15) is 84.5 Å². The molecule has 3 fully saturated rings. The third kappa shape index (κ3) is 5.06. The molecule has 0 aromatic heterocycles. The van der Waals surface area contributed by atoms with Gasteiger partial charge in [-0.15, -0.1) is 0 Å². The number of hydrogen-bond acceptors (Lipinski definition) is 5. The van der Waals surface area contributed by atoms with Gasteiger partial charge in [-0.1, -0.05) is 38.5 Å². The van der Waals surface area contributed by atoms with E-state index in [0.717, 1.165) is 57.8 Å². The van der Waals surface area contributed by atoms with Gasteiger partial charge in [-0.25, -0.2) is 15.4 Å². The van der Waals surface area contributed by atoms with Crippen LogP contribution in [0.5, 0.6) is 0 Å². The van der Waals surface area contributed by atoms with Gasteiger partial charge in [0.05, 0.1) is 5.54 Å². The van der Waals surface area contributed by atoms with Crippen molar-refractivity contribution in [2.75, 3.05) is 6.54 Å². The molecule has 5 amide bonds. The Morgan fingerprint density at radius 3 is 2.26 bits per heavy atom.